The van der Waals surface area contributed by atoms with E-state index in [0.29, 0.717) is 37.1 Å². The minimum Gasteiger partial charge on any atom is -0.367 e. The van der Waals surface area contributed by atoms with Crippen molar-refractivity contribution in [3.8, 4) is 0 Å². The van der Waals surface area contributed by atoms with Crippen molar-refractivity contribution < 1.29 is 42.3 Å². The zero-order valence-corrected chi connectivity index (χ0v) is 27.8. The van der Waals surface area contributed by atoms with Gasteiger partial charge in [0.15, 0.2) is 5.60 Å². The van der Waals surface area contributed by atoms with Gasteiger partial charge >= 0.3 is 13.3 Å². The fourth-order valence-corrected chi connectivity index (χ4v) is 9.27. The summed E-state index contributed by atoms with van der Waals surface area (Å²) in [5.74, 6) is -0.0565. The molecule has 4 aliphatic rings. The van der Waals surface area contributed by atoms with Crippen molar-refractivity contribution in [1.29, 1.82) is 0 Å². The second kappa shape index (κ2) is 10.9. The fourth-order valence-electron chi connectivity index (χ4n) is 7.85. The lowest BCUT2D eigenvalue weighted by molar-refractivity contribution is -0.173. The van der Waals surface area contributed by atoms with Crippen LogP contribution in [0, 0.1) is 11.3 Å². The Kier molecular flexibility index (Phi) is 7.49. The number of methoxy groups -OCH3 is 1. The fraction of sp³-hybridized carbons (Fsp3) is 0.548. The summed E-state index contributed by atoms with van der Waals surface area (Å²) < 4.78 is 48.2. The van der Waals surface area contributed by atoms with Crippen molar-refractivity contribution in [3.05, 3.63) is 52.9 Å². The van der Waals surface area contributed by atoms with Crippen LogP contribution in [-0.2, 0) is 37.2 Å². The Morgan fingerprint density at radius 2 is 1.94 bits per heavy atom. The van der Waals surface area contributed by atoms with Crippen LogP contribution in [-0.4, -0.2) is 85.2 Å². The number of likely N-dealkylation sites (tertiary alicyclic amines) is 1. The molecule has 12 nitrogen and oxygen atoms in total. The molecule has 3 aliphatic heterocycles. The summed E-state index contributed by atoms with van der Waals surface area (Å²) in [4.78, 5) is 68.0. The molecule has 5 heterocycles. The first-order chi connectivity index (χ1) is 22.1. The normalized spacial score (nSPS) is 28.7. The molecule has 0 bridgehead atoms. The first-order valence-electron chi connectivity index (χ1n) is 15.5. The number of halogens is 2. The van der Waals surface area contributed by atoms with Gasteiger partial charge in [-0.25, -0.2) is 4.98 Å². The Hall–Kier alpha value is -3.23. The maximum absolute atomic E-state index is 14.3. The van der Waals surface area contributed by atoms with E-state index in [-0.39, 0.29) is 39.5 Å². The van der Waals surface area contributed by atoms with Gasteiger partial charge in [0.1, 0.15) is 17.9 Å². The third kappa shape index (κ3) is 5.21. The molecule has 3 aromatic rings. The number of carbonyl (C=O) groups excluding carboxylic acids is 3. The minimum atomic E-state index is -5.76. The molecule has 2 aromatic heterocycles. The Morgan fingerprint density at radius 3 is 2.60 bits per heavy atom. The van der Waals surface area contributed by atoms with E-state index < -0.39 is 42.4 Å². The van der Waals surface area contributed by atoms with E-state index in [1.54, 1.807) is 23.1 Å². The van der Waals surface area contributed by atoms with E-state index in [9.17, 15) is 27.7 Å². The van der Waals surface area contributed by atoms with E-state index in [0.717, 1.165) is 42.1 Å². The highest BCUT2D eigenvalue weighted by molar-refractivity contribution is 7.52. The Bertz CT molecular complexity index is 1840. The molecule has 7 rings (SSSR count). The van der Waals surface area contributed by atoms with Gasteiger partial charge in [-0.05, 0) is 67.0 Å². The van der Waals surface area contributed by atoms with E-state index in [4.69, 9.17) is 14.5 Å². The van der Waals surface area contributed by atoms with Crippen molar-refractivity contribution >= 4 is 46.7 Å². The highest BCUT2D eigenvalue weighted by atomic mass is 32.1. The van der Waals surface area contributed by atoms with Crippen LogP contribution in [0.3, 0.4) is 0 Å². The average molecular weight is 692 g/mol. The molecular weight excluding hydrogens is 655 g/mol. The smallest absolute Gasteiger partial charge is 0.367 e. The number of thiophene rings is 1. The van der Waals surface area contributed by atoms with Crippen LogP contribution in [0.25, 0.3) is 10.1 Å². The summed E-state index contributed by atoms with van der Waals surface area (Å²) in [5.41, 5.74) is -5.96. The molecule has 252 valence electrons. The number of carbonyl (C=O) groups is 3. The molecule has 47 heavy (non-hydrogen) atoms. The highest BCUT2D eigenvalue weighted by Gasteiger charge is 2.59. The summed E-state index contributed by atoms with van der Waals surface area (Å²) >= 11 is 1.03. The number of hydrogen-bond donors (Lipinski definition) is 3. The van der Waals surface area contributed by atoms with Gasteiger partial charge in [0.25, 0.3) is 5.91 Å². The van der Waals surface area contributed by atoms with Crippen molar-refractivity contribution in [2.75, 3.05) is 20.2 Å². The van der Waals surface area contributed by atoms with Crippen molar-refractivity contribution in [1.82, 2.24) is 24.7 Å². The number of aromatic nitrogens is 2. The van der Waals surface area contributed by atoms with Gasteiger partial charge in [-0.3, -0.25) is 18.9 Å². The predicted octanol–water partition coefficient (Wildman–Crippen LogP) is 3.52. The lowest BCUT2D eigenvalue weighted by Crippen LogP contribution is -2.66. The minimum absolute atomic E-state index is 0.00276. The topological polar surface area (TPSA) is 154 Å². The summed E-state index contributed by atoms with van der Waals surface area (Å²) in [7, 11) is -2.30. The number of hydrogen-bond acceptors (Lipinski definition) is 7. The van der Waals surface area contributed by atoms with Crippen molar-refractivity contribution in [3.63, 3.8) is 0 Å². The SMILES string of the molecule is COC1(c2nccn2C)CN(C(=O)[C@@H]2CC[C@@H]3C[C@]4(C)C[C@@H]4C[C@H](NC(=O)c4cc5cc(C(F)(F)P(=O)(O)O)ccc5s4)C(=O)N32)C1. The van der Waals surface area contributed by atoms with Crippen LogP contribution < -0.4 is 5.32 Å². The first kappa shape index (κ1) is 32.3. The van der Waals surface area contributed by atoms with E-state index in [2.05, 4.69) is 17.2 Å². The van der Waals surface area contributed by atoms with Crippen LogP contribution in [0.1, 0.15) is 60.1 Å². The maximum atomic E-state index is 14.3. The molecule has 3 N–H and O–H groups in total. The molecule has 5 atom stereocenters. The quantitative estimate of drug-likeness (QED) is 0.318. The number of aryl methyl sites for hydroxylation is 1. The highest BCUT2D eigenvalue weighted by Crippen LogP contribution is 2.61. The van der Waals surface area contributed by atoms with Crippen LogP contribution in [0.2, 0.25) is 0 Å². The van der Waals surface area contributed by atoms with E-state index in [1.165, 1.54) is 12.1 Å². The maximum Gasteiger partial charge on any atom is 0.399 e. The van der Waals surface area contributed by atoms with Crippen LogP contribution in [0.4, 0.5) is 8.78 Å². The molecule has 0 spiro atoms. The third-order valence-electron chi connectivity index (χ3n) is 10.7. The largest absolute Gasteiger partial charge is 0.399 e. The number of alkyl halides is 2. The Balaban J connectivity index is 1.11. The molecule has 4 fully saturated rings. The van der Waals surface area contributed by atoms with Gasteiger partial charge in [-0.15, -0.1) is 11.3 Å². The number of ether oxygens (including phenoxy) is 1. The molecule has 0 radical (unpaired) electrons. The molecule has 16 heteroatoms. The van der Waals surface area contributed by atoms with Crippen molar-refractivity contribution in [2.45, 2.75) is 68.4 Å². The predicted molar refractivity (Wildman–Crippen MR) is 167 cm³/mol. The first-order valence-corrected chi connectivity index (χ1v) is 17.9. The van der Waals surface area contributed by atoms with Gasteiger partial charge in [-0.1, -0.05) is 13.0 Å². The van der Waals surface area contributed by atoms with Crippen LogP contribution in [0.5, 0.6) is 0 Å². The van der Waals surface area contributed by atoms with E-state index in [1.807, 2.05) is 17.8 Å². The number of nitrogens with zero attached hydrogens (tertiary/aromatic N) is 4. The molecule has 1 aromatic carbocycles. The molecule has 0 unspecified atom stereocenters. The summed E-state index contributed by atoms with van der Waals surface area (Å²) in [6.07, 6.45) is 6.84. The monoisotopic (exact) mass is 691 g/mol. The number of fused-ring (bicyclic) bond motifs is 3. The number of imidazole rings is 1. The standard InChI is InChI=1S/C31H36F2N5O7PS/c1-29-13-19(29)12-21(35-25(39)24-11-17-10-18(4-7-23(17)47-24)31(32,33)46(42,43)44)26(40)38-20(14-29)5-6-22(38)27(41)37-15-30(16-37,45-3)28-34-8-9-36(28)2/h4,7-11,19-22H,5-6,12-16H2,1-3H3,(H,35,39)(H2,42,43,44)/t19-,20+,21-,22-,29-/m0/s1. The van der Waals surface area contributed by atoms with Gasteiger partial charge in [-0.2, -0.15) is 8.78 Å². The second-order valence-corrected chi connectivity index (χ2v) is 16.4. The number of amides is 3. The molecule has 1 saturated carbocycles. The molecular formula is C31H36F2N5O7PS. The summed E-state index contributed by atoms with van der Waals surface area (Å²) in [6, 6.07) is 2.88. The van der Waals surface area contributed by atoms with Crippen molar-refractivity contribution in [2.24, 2.45) is 18.4 Å². The third-order valence-corrected chi connectivity index (χ3v) is 12.8. The van der Waals surface area contributed by atoms with Gasteiger partial charge < -0.3 is 34.2 Å². The number of rotatable bonds is 7. The van der Waals surface area contributed by atoms with Crippen LogP contribution in [0.15, 0.2) is 36.7 Å². The van der Waals surface area contributed by atoms with Crippen LogP contribution >= 0.6 is 18.9 Å². The Labute approximate surface area is 273 Å². The summed E-state index contributed by atoms with van der Waals surface area (Å²) in [6.45, 7) is 2.81. The zero-order chi connectivity index (χ0) is 33.7. The van der Waals surface area contributed by atoms with Gasteiger partial charge in [0, 0.05) is 42.9 Å². The molecule has 3 saturated heterocycles. The Morgan fingerprint density at radius 1 is 1.19 bits per heavy atom. The number of nitrogens with one attached hydrogen (secondary N) is 1. The zero-order valence-electron chi connectivity index (χ0n) is 26.1. The van der Waals surface area contributed by atoms with Gasteiger partial charge in [0.05, 0.1) is 18.0 Å². The number of benzene rings is 1. The molecule has 1 aliphatic carbocycles. The average Bonchev–Trinajstić information content (AvgIpc) is 3.41. The lowest BCUT2D eigenvalue weighted by atomic mass is 9.90. The van der Waals surface area contributed by atoms with E-state index >= 15 is 0 Å². The summed E-state index contributed by atoms with van der Waals surface area (Å²) in [5, 5.41) is 3.11. The molecule has 3 amide bonds. The second-order valence-electron chi connectivity index (χ2n) is 13.7. The van der Waals surface area contributed by atoms with Gasteiger partial charge in [0.2, 0.25) is 11.8 Å². The lowest BCUT2D eigenvalue weighted by Gasteiger charge is -2.49.